The number of hydrogen-bond acceptors (Lipinski definition) is 5. The highest BCUT2D eigenvalue weighted by Crippen LogP contribution is 2.44. The van der Waals surface area contributed by atoms with Crippen molar-refractivity contribution in [2.75, 3.05) is 26.2 Å². The molecule has 4 rings (SSSR count). The molecule has 32 heavy (non-hydrogen) atoms. The molecular weight excluding hydrogens is 414 g/mol. The van der Waals surface area contributed by atoms with Gasteiger partial charge in [0.25, 0.3) is 0 Å². The summed E-state index contributed by atoms with van der Waals surface area (Å²) in [6, 6.07) is 14.4. The molecule has 0 saturated carbocycles. The number of alkyl carbamates (subject to hydrolysis) is 1. The van der Waals surface area contributed by atoms with E-state index in [1.165, 1.54) is 4.90 Å². The first-order valence-electron chi connectivity index (χ1n) is 10.3. The van der Waals surface area contributed by atoms with Crippen molar-refractivity contribution in [1.29, 1.82) is 0 Å². The Morgan fingerprint density at radius 1 is 1.09 bits per heavy atom. The predicted molar refractivity (Wildman–Crippen MR) is 114 cm³/mol. The molecule has 2 aromatic carbocycles. The number of carbonyl (C=O) groups excluding carboxylic acids is 3. The quantitative estimate of drug-likeness (QED) is 0.626. The molecule has 1 unspecified atom stereocenters. The zero-order chi connectivity index (χ0) is 22.7. The first-order chi connectivity index (χ1) is 15.4. The van der Waals surface area contributed by atoms with E-state index in [2.05, 4.69) is 10.6 Å². The van der Waals surface area contributed by atoms with Gasteiger partial charge in [-0.2, -0.15) is 0 Å². The zero-order valence-corrected chi connectivity index (χ0v) is 17.2. The van der Waals surface area contributed by atoms with Crippen LogP contribution in [0, 0.1) is 0 Å². The number of benzene rings is 2. The molecule has 166 valence electrons. The van der Waals surface area contributed by atoms with Crippen molar-refractivity contribution in [3.63, 3.8) is 0 Å². The average Bonchev–Trinajstić information content (AvgIpc) is 3.10. The Morgan fingerprint density at radius 2 is 1.72 bits per heavy atom. The number of carboxylic acids is 1. The van der Waals surface area contributed by atoms with Crippen molar-refractivity contribution in [2.24, 2.45) is 0 Å². The molecule has 3 N–H and O–H groups in total. The molecule has 1 heterocycles. The van der Waals surface area contributed by atoms with Gasteiger partial charge in [-0.3, -0.25) is 14.4 Å². The summed E-state index contributed by atoms with van der Waals surface area (Å²) in [5.41, 5.74) is 4.25. The van der Waals surface area contributed by atoms with E-state index in [1.807, 2.05) is 48.5 Å². The second-order valence-corrected chi connectivity index (χ2v) is 7.73. The number of amides is 3. The molecule has 0 bridgehead atoms. The lowest BCUT2D eigenvalue weighted by atomic mass is 9.98. The zero-order valence-electron chi connectivity index (χ0n) is 17.2. The predicted octanol–water partition coefficient (Wildman–Crippen LogP) is 1.33. The third-order valence-corrected chi connectivity index (χ3v) is 5.66. The van der Waals surface area contributed by atoms with Gasteiger partial charge >= 0.3 is 12.1 Å². The fourth-order valence-corrected chi connectivity index (χ4v) is 4.20. The second kappa shape index (κ2) is 9.09. The third kappa shape index (κ3) is 4.41. The van der Waals surface area contributed by atoms with E-state index in [-0.39, 0.29) is 38.1 Å². The van der Waals surface area contributed by atoms with Gasteiger partial charge in [0.05, 0.1) is 13.0 Å². The average molecular weight is 437 g/mol. The minimum atomic E-state index is -1.32. The van der Waals surface area contributed by atoms with Crippen molar-refractivity contribution < 1.29 is 29.0 Å². The SMILES string of the molecule is O=C(O)CC(NC(=O)OCC1c2ccccc2-c2ccccc21)C(=O)N1CCNC(=O)C1. The summed E-state index contributed by atoms with van der Waals surface area (Å²) in [5.74, 6) is -2.37. The Kier molecular flexibility index (Phi) is 6.07. The molecule has 2 aromatic rings. The summed E-state index contributed by atoms with van der Waals surface area (Å²) in [6.45, 7) is 0.379. The molecule has 1 saturated heterocycles. The summed E-state index contributed by atoms with van der Waals surface area (Å²) in [6.07, 6.45) is -1.49. The van der Waals surface area contributed by atoms with Crippen LogP contribution >= 0.6 is 0 Å². The monoisotopic (exact) mass is 437 g/mol. The van der Waals surface area contributed by atoms with E-state index in [1.54, 1.807) is 0 Å². The Morgan fingerprint density at radius 3 is 2.31 bits per heavy atom. The maximum atomic E-state index is 12.7. The van der Waals surface area contributed by atoms with Crippen LogP contribution in [0.5, 0.6) is 0 Å². The van der Waals surface area contributed by atoms with Crippen molar-refractivity contribution in [1.82, 2.24) is 15.5 Å². The van der Waals surface area contributed by atoms with Gasteiger partial charge in [0, 0.05) is 19.0 Å². The summed E-state index contributed by atoms with van der Waals surface area (Å²) in [7, 11) is 0. The van der Waals surface area contributed by atoms with Gasteiger partial charge in [0.15, 0.2) is 0 Å². The molecule has 9 nitrogen and oxygen atoms in total. The first kappa shape index (κ1) is 21.4. The number of rotatable bonds is 6. The van der Waals surface area contributed by atoms with Crippen molar-refractivity contribution in [2.45, 2.75) is 18.4 Å². The fourth-order valence-electron chi connectivity index (χ4n) is 4.20. The number of nitrogens with zero attached hydrogens (tertiary/aromatic N) is 1. The summed E-state index contributed by atoms with van der Waals surface area (Å²) in [4.78, 5) is 49.2. The van der Waals surface area contributed by atoms with Crippen molar-refractivity contribution in [3.05, 3.63) is 59.7 Å². The van der Waals surface area contributed by atoms with Crippen molar-refractivity contribution in [3.8, 4) is 11.1 Å². The van der Waals surface area contributed by atoms with E-state index in [0.717, 1.165) is 22.3 Å². The molecule has 0 radical (unpaired) electrons. The highest BCUT2D eigenvalue weighted by Gasteiger charge is 2.32. The number of carboxylic acid groups (broad SMARTS) is 1. The topological polar surface area (TPSA) is 125 Å². The highest BCUT2D eigenvalue weighted by molar-refractivity contribution is 5.92. The van der Waals surface area contributed by atoms with Gasteiger partial charge in [-0.25, -0.2) is 4.79 Å². The lowest BCUT2D eigenvalue weighted by Gasteiger charge is -2.30. The van der Waals surface area contributed by atoms with E-state index >= 15 is 0 Å². The van der Waals surface area contributed by atoms with Crippen LogP contribution in [0.1, 0.15) is 23.5 Å². The number of piperazine rings is 1. The lowest BCUT2D eigenvalue weighted by molar-refractivity contribution is -0.144. The normalized spacial score (nSPS) is 15.9. The Bertz CT molecular complexity index is 1020. The van der Waals surface area contributed by atoms with Gasteiger partial charge in [-0.15, -0.1) is 0 Å². The Balaban J connectivity index is 1.43. The number of aliphatic carboxylic acids is 1. The summed E-state index contributed by atoms with van der Waals surface area (Å²) >= 11 is 0. The van der Waals surface area contributed by atoms with Crippen LogP contribution in [0.4, 0.5) is 4.79 Å². The molecule has 1 aliphatic heterocycles. The molecule has 1 atom stereocenters. The van der Waals surface area contributed by atoms with Crippen LogP contribution in [0.3, 0.4) is 0 Å². The molecule has 3 amide bonds. The van der Waals surface area contributed by atoms with E-state index < -0.39 is 30.4 Å². The van der Waals surface area contributed by atoms with Gasteiger partial charge in [-0.05, 0) is 22.3 Å². The summed E-state index contributed by atoms with van der Waals surface area (Å²) in [5, 5.41) is 14.1. The smallest absolute Gasteiger partial charge is 0.407 e. The van der Waals surface area contributed by atoms with Gasteiger partial charge < -0.3 is 25.4 Å². The first-order valence-corrected chi connectivity index (χ1v) is 10.3. The third-order valence-electron chi connectivity index (χ3n) is 5.66. The highest BCUT2D eigenvalue weighted by atomic mass is 16.5. The molecule has 1 aliphatic carbocycles. The molecule has 0 aromatic heterocycles. The number of fused-ring (bicyclic) bond motifs is 3. The van der Waals surface area contributed by atoms with Crippen LogP contribution < -0.4 is 10.6 Å². The minimum absolute atomic E-state index is 0.0416. The molecule has 1 fully saturated rings. The van der Waals surface area contributed by atoms with Crippen LogP contribution in [0.25, 0.3) is 11.1 Å². The van der Waals surface area contributed by atoms with Crippen LogP contribution in [-0.2, 0) is 19.1 Å². The molecule has 9 heteroatoms. The lowest BCUT2D eigenvalue weighted by Crippen LogP contribution is -2.56. The van der Waals surface area contributed by atoms with E-state index in [9.17, 15) is 24.3 Å². The van der Waals surface area contributed by atoms with Gasteiger partial charge in [0.1, 0.15) is 12.6 Å². The van der Waals surface area contributed by atoms with E-state index in [0.29, 0.717) is 0 Å². The maximum Gasteiger partial charge on any atom is 0.407 e. The van der Waals surface area contributed by atoms with Gasteiger partial charge in [0.2, 0.25) is 11.8 Å². The second-order valence-electron chi connectivity index (χ2n) is 7.73. The Labute approximate surface area is 184 Å². The van der Waals surface area contributed by atoms with Crippen LogP contribution in [0.2, 0.25) is 0 Å². The Hall–Kier alpha value is -3.88. The molecule has 2 aliphatic rings. The number of ether oxygens (including phenoxy) is 1. The van der Waals surface area contributed by atoms with Crippen LogP contribution in [-0.4, -0.2) is 66.2 Å². The summed E-state index contributed by atoms with van der Waals surface area (Å²) < 4.78 is 5.42. The number of carbonyl (C=O) groups is 4. The fraction of sp³-hybridized carbons (Fsp3) is 0.304. The molecule has 0 spiro atoms. The maximum absolute atomic E-state index is 12.7. The minimum Gasteiger partial charge on any atom is -0.481 e. The van der Waals surface area contributed by atoms with Crippen molar-refractivity contribution >= 4 is 23.9 Å². The molecular formula is C23H23N3O6. The van der Waals surface area contributed by atoms with Crippen LogP contribution in [0.15, 0.2) is 48.5 Å². The number of nitrogens with one attached hydrogen (secondary N) is 2. The largest absolute Gasteiger partial charge is 0.481 e. The standard InChI is InChI=1S/C23H23N3O6/c27-20-12-26(10-9-24-20)22(30)19(11-21(28)29)25-23(31)32-13-18-16-7-3-1-5-14(16)15-6-2-4-8-17(15)18/h1-8,18-19H,9-13H2,(H,24,27)(H,25,31)(H,28,29). The van der Waals surface area contributed by atoms with Gasteiger partial charge in [-0.1, -0.05) is 48.5 Å². The van der Waals surface area contributed by atoms with E-state index in [4.69, 9.17) is 4.74 Å². The number of hydrogen-bond donors (Lipinski definition) is 3.